The molecule has 1 aliphatic rings. The lowest BCUT2D eigenvalue weighted by Gasteiger charge is -2.08. The van der Waals surface area contributed by atoms with E-state index in [9.17, 15) is 13.2 Å². The van der Waals surface area contributed by atoms with Gasteiger partial charge < -0.3 is 10.1 Å². The highest BCUT2D eigenvalue weighted by Crippen LogP contribution is 2.31. The Kier molecular flexibility index (Phi) is 3.59. The average molecular weight is 297 g/mol. The highest BCUT2D eigenvalue weighted by atomic mass is 19.4. The average Bonchev–Trinajstić information content (AvgIpc) is 3.08. The van der Waals surface area contributed by atoms with E-state index in [0.29, 0.717) is 17.5 Å². The number of ether oxygens (including phenoxy) is 1. The van der Waals surface area contributed by atoms with Gasteiger partial charge in [-0.3, -0.25) is 4.68 Å². The zero-order chi connectivity index (χ0) is 14.9. The van der Waals surface area contributed by atoms with Crippen LogP contribution in [0.3, 0.4) is 0 Å². The molecule has 0 radical (unpaired) electrons. The number of nitrogens with one attached hydrogen (secondary N) is 1. The Hall–Kier alpha value is -2.02. The van der Waals surface area contributed by atoms with Crippen molar-refractivity contribution in [3.05, 3.63) is 42.2 Å². The predicted molar refractivity (Wildman–Crippen MR) is 70.3 cm³/mol. The first-order valence-corrected chi connectivity index (χ1v) is 6.62. The number of alkyl halides is 3. The standard InChI is InChI=1S/C14H14F3N3O/c15-14(16,17)10-1-3-12(4-2-10)21-13-8-19-20(9-13)11-5-6-18-7-11/h1-4,8-9,11,18H,5-7H2. The Morgan fingerprint density at radius 3 is 2.57 bits per heavy atom. The predicted octanol–water partition coefficient (Wildman–Crippen LogP) is 3.23. The largest absolute Gasteiger partial charge is 0.454 e. The summed E-state index contributed by atoms with van der Waals surface area (Å²) in [4.78, 5) is 0. The van der Waals surface area contributed by atoms with E-state index in [2.05, 4.69) is 10.4 Å². The summed E-state index contributed by atoms with van der Waals surface area (Å²) in [5.74, 6) is 0.869. The molecule has 1 aromatic carbocycles. The second-order valence-corrected chi connectivity index (χ2v) is 4.93. The van der Waals surface area contributed by atoms with Crippen LogP contribution in [0.5, 0.6) is 11.5 Å². The van der Waals surface area contributed by atoms with E-state index < -0.39 is 11.7 Å². The van der Waals surface area contributed by atoms with E-state index >= 15 is 0 Å². The molecular weight excluding hydrogens is 283 g/mol. The van der Waals surface area contributed by atoms with Crippen molar-refractivity contribution >= 4 is 0 Å². The third kappa shape index (κ3) is 3.18. The summed E-state index contributed by atoms with van der Waals surface area (Å²) >= 11 is 0. The smallest absolute Gasteiger partial charge is 0.416 e. The maximum absolute atomic E-state index is 12.5. The van der Waals surface area contributed by atoms with Gasteiger partial charge in [0.2, 0.25) is 0 Å². The maximum atomic E-state index is 12.5. The molecule has 3 rings (SSSR count). The van der Waals surface area contributed by atoms with Gasteiger partial charge in [0.05, 0.1) is 24.0 Å². The second kappa shape index (κ2) is 5.40. The summed E-state index contributed by atoms with van der Waals surface area (Å²) in [5.41, 5.74) is -0.692. The van der Waals surface area contributed by atoms with Gasteiger partial charge in [0.15, 0.2) is 5.75 Å². The summed E-state index contributed by atoms with van der Waals surface area (Å²) in [6.45, 7) is 1.82. The van der Waals surface area contributed by atoms with Gasteiger partial charge in [-0.25, -0.2) is 0 Å². The number of nitrogens with zero attached hydrogens (tertiary/aromatic N) is 2. The first-order chi connectivity index (χ1) is 10.0. The van der Waals surface area contributed by atoms with E-state index in [1.165, 1.54) is 12.1 Å². The van der Waals surface area contributed by atoms with Gasteiger partial charge in [0.25, 0.3) is 0 Å². The first kappa shape index (κ1) is 13.9. The number of hydrogen-bond donors (Lipinski definition) is 1. The Labute approximate surface area is 119 Å². The van der Waals surface area contributed by atoms with Gasteiger partial charge in [-0.2, -0.15) is 18.3 Å². The van der Waals surface area contributed by atoms with Crippen molar-refractivity contribution in [1.29, 1.82) is 0 Å². The third-order valence-electron chi connectivity index (χ3n) is 3.40. The van der Waals surface area contributed by atoms with Crippen molar-refractivity contribution < 1.29 is 17.9 Å². The molecule has 2 heterocycles. The van der Waals surface area contributed by atoms with Crippen LogP contribution in [0.2, 0.25) is 0 Å². The second-order valence-electron chi connectivity index (χ2n) is 4.93. The van der Waals surface area contributed by atoms with Crippen LogP contribution >= 0.6 is 0 Å². The van der Waals surface area contributed by atoms with E-state index in [0.717, 1.165) is 31.6 Å². The number of hydrogen-bond acceptors (Lipinski definition) is 3. The van der Waals surface area contributed by atoms with Crippen molar-refractivity contribution in [1.82, 2.24) is 15.1 Å². The molecule has 2 aromatic rings. The molecule has 1 aromatic heterocycles. The van der Waals surface area contributed by atoms with E-state index in [4.69, 9.17) is 4.74 Å². The van der Waals surface area contributed by atoms with Crippen molar-refractivity contribution in [3.8, 4) is 11.5 Å². The molecule has 0 bridgehead atoms. The number of benzene rings is 1. The maximum Gasteiger partial charge on any atom is 0.416 e. The Bertz CT molecular complexity index is 601. The topological polar surface area (TPSA) is 39.1 Å². The van der Waals surface area contributed by atoms with Crippen molar-refractivity contribution in [3.63, 3.8) is 0 Å². The van der Waals surface area contributed by atoms with Crippen LogP contribution in [-0.2, 0) is 6.18 Å². The molecule has 1 saturated heterocycles. The van der Waals surface area contributed by atoms with Crippen LogP contribution in [0.15, 0.2) is 36.7 Å². The van der Waals surface area contributed by atoms with E-state index in [-0.39, 0.29) is 0 Å². The van der Waals surface area contributed by atoms with E-state index in [1.54, 1.807) is 12.4 Å². The molecule has 1 aliphatic heterocycles. The lowest BCUT2D eigenvalue weighted by molar-refractivity contribution is -0.137. The zero-order valence-electron chi connectivity index (χ0n) is 11.1. The number of rotatable bonds is 3. The van der Waals surface area contributed by atoms with Crippen molar-refractivity contribution in [2.45, 2.75) is 18.6 Å². The summed E-state index contributed by atoms with van der Waals surface area (Å²) in [5, 5.41) is 7.46. The molecule has 1 N–H and O–H groups in total. The fourth-order valence-electron chi connectivity index (χ4n) is 2.29. The van der Waals surface area contributed by atoms with Crippen molar-refractivity contribution in [2.24, 2.45) is 0 Å². The lowest BCUT2D eigenvalue weighted by atomic mass is 10.2. The lowest BCUT2D eigenvalue weighted by Crippen LogP contribution is -2.13. The summed E-state index contributed by atoms with van der Waals surface area (Å²) < 4.78 is 44.7. The molecule has 4 nitrogen and oxygen atoms in total. The SMILES string of the molecule is FC(F)(F)c1ccc(Oc2cnn(C3CCNC3)c2)cc1. The van der Waals surface area contributed by atoms with Gasteiger partial charge in [0.1, 0.15) is 5.75 Å². The Morgan fingerprint density at radius 1 is 1.19 bits per heavy atom. The highest BCUT2D eigenvalue weighted by Gasteiger charge is 2.30. The van der Waals surface area contributed by atoms with E-state index in [1.807, 2.05) is 4.68 Å². The Balaban J connectivity index is 1.69. The molecule has 21 heavy (non-hydrogen) atoms. The molecule has 1 unspecified atom stereocenters. The molecule has 0 spiro atoms. The highest BCUT2D eigenvalue weighted by molar-refractivity contribution is 5.32. The van der Waals surface area contributed by atoms with Crippen LogP contribution in [0.1, 0.15) is 18.0 Å². The summed E-state index contributed by atoms with van der Waals surface area (Å²) in [6.07, 6.45) is -0.00832. The molecule has 1 fully saturated rings. The minimum Gasteiger partial charge on any atom is -0.454 e. The van der Waals surface area contributed by atoms with Crippen LogP contribution in [0.4, 0.5) is 13.2 Å². The minimum absolute atomic E-state index is 0.301. The van der Waals surface area contributed by atoms with Crippen LogP contribution < -0.4 is 10.1 Å². The Morgan fingerprint density at radius 2 is 1.95 bits per heavy atom. The normalized spacial score (nSPS) is 18.9. The van der Waals surface area contributed by atoms with Gasteiger partial charge in [-0.1, -0.05) is 0 Å². The number of aromatic nitrogens is 2. The van der Waals surface area contributed by atoms with Gasteiger partial charge in [0, 0.05) is 6.54 Å². The van der Waals surface area contributed by atoms with Crippen molar-refractivity contribution in [2.75, 3.05) is 13.1 Å². The molecule has 112 valence electrons. The van der Waals surface area contributed by atoms with Gasteiger partial charge in [-0.15, -0.1) is 0 Å². The summed E-state index contributed by atoms with van der Waals surface area (Å²) in [7, 11) is 0. The van der Waals surface area contributed by atoms with Crippen LogP contribution in [0.25, 0.3) is 0 Å². The van der Waals surface area contributed by atoms with Gasteiger partial charge >= 0.3 is 6.18 Å². The number of halogens is 3. The van der Waals surface area contributed by atoms with Gasteiger partial charge in [-0.05, 0) is 37.2 Å². The fraction of sp³-hybridized carbons (Fsp3) is 0.357. The quantitative estimate of drug-likeness (QED) is 0.945. The molecule has 0 aliphatic carbocycles. The fourth-order valence-corrected chi connectivity index (χ4v) is 2.29. The van der Waals surface area contributed by atoms with Crippen LogP contribution in [-0.4, -0.2) is 22.9 Å². The first-order valence-electron chi connectivity index (χ1n) is 6.62. The monoisotopic (exact) mass is 297 g/mol. The van der Waals surface area contributed by atoms with Crippen LogP contribution in [0, 0.1) is 0 Å². The minimum atomic E-state index is -4.33. The molecular formula is C14H14F3N3O. The zero-order valence-corrected chi connectivity index (χ0v) is 11.1. The third-order valence-corrected chi connectivity index (χ3v) is 3.40. The molecule has 0 saturated carbocycles. The molecule has 1 atom stereocenters. The molecule has 7 heteroatoms. The molecule has 0 amide bonds. The summed E-state index contributed by atoms with van der Waals surface area (Å²) in [6, 6.07) is 4.91.